The number of benzene rings is 2. The molecule has 2 aliphatic heterocycles. The van der Waals surface area contributed by atoms with Crippen LogP contribution in [0.15, 0.2) is 48.5 Å². The monoisotopic (exact) mass is 574 g/mol. The number of hydrogen-bond acceptors (Lipinski definition) is 9. The van der Waals surface area contributed by atoms with Gasteiger partial charge in [-0.25, -0.2) is 4.79 Å². The number of ether oxygens (including phenoxy) is 2. The first kappa shape index (κ1) is 29.2. The van der Waals surface area contributed by atoms with E-state index in [4.69, 9.17) is 9.47 Å². The molecule has 2 aromatic carbocycles. The van der Waals surface area contributed by atoms with Gasteiger partial charge in [-0.2, -0.15) is 15.0 Å². The SMILES string of the molecule is CC(C)Oc1nc(-c2ccc(NC(=O)Nc3ccc(C(=O)NC4CCN(C)CC4)cc3)cc2)nc(N2CCOCC2)n1. The van der Waals surface area contributed by atoms with Crippen LogP contribution in [0.3, 0.4) is 0 Å². The Labute approximate surface area is 245 Å². The number of nitrogens with one attached hydrogen (secondary N) is 3. The molecule has 0 bridgehead atoms. The maximum Gasteiger partial charge on any atom is 0.323 e. The van der Waals surface area contributed by atoms with Gasteiger partial charge in [0.1, 0.15) is 0 Å². The van der Waals surface area contributed by atoms with Crippen molar-refractivity contribution in [3.8, 4) is 17.4 Å². The molecule has 12 nitrogen and oxygen atoms in total. The lowest BCUT2D eigenvalue weighted by atomic mass is 10.0. The van der Waals surface area contributed by atoms with Crippen molar-refractivity contribution in [1.29, 1.82) is 0 Å². The zero-order chi connectivity index (χ0) is 29.5. The lowest BCUT2D eigenvalue weighted by Gasteiger charge is -2.29. The molecule has 0 saturated carbocycles. The van der Waals surface area contributed by atoms with E-state index in [9.17, 15) is 9.59 Å². The lowest BCUT2D eigenvalue weighted by Crippen LogP contribution is -2.43. The van der Waals surface area contributed by atoms with Gasteiger partial charge >= 0.3 is 12.0 Å². The molecule has 5 rings (SSSR count). The fourth-order valence-corrected chi connectivity index (χ4v) is 4.77. The molecule has 0 unspecified atom stereocenters. The predicted octanol–water partition coefficient (Wildman–Crippen LogP) is 3.63. The highest BCUT2D eigenvalue weighted by Crippen LogP contribution is 2.23. The minimum atomic E-state index is -0.395. The van der Waals surface area contributed by atoms with Crippen LogP contribution in [0.4, 0.5) is 22.1 Å². The Morgan fingerprint density at radius 3 is 2.12 bits per heavy atom. The molecule has 3 amide bonds. The summed E-state index contributed by atoms with van der Waals surface area (Å²) in [6.45, 7) is 8.41. The van der Waals surface area contributed by atoms with Crippen LogP contribution in [0.25, 0.3) is 11.4 Å². The minimum Gasteiger partial charge on any atom is -0.461 e. The first-order valence-electron chi connectivity index (χ1n) is 14.4. The molecule has 12 heteroatoms. The Hall–Kier alpha value is -4.29. The predicted molar refractivity (Wildman–Crippen MR) is 161 cm³/mol. The Morgan fingerprint density at radius 2 is 1.50 bits per heavy atom. The average Bonchev–Trinajstić information content (AvgIpc) is 2.99. The van der Waals surface area contributed by atoms with Crippen molar-refractivity contribution in [3.05, 3.63) is 54.1 Å². The van der Waals surface area contributed by atoms with Gasteiger partial charge in [0.2, 0.25) is 5.95 Å². The fraction of sp³-hybridized carbons (Fsp3) is 0.433. The van der Waals surface area contributed by atoms with Gasteiger partial charge < -0.3 is 35.2 Å². The van der Waals surface area contributed by atoms with Crippen molar-refractivity contribution < 1.29 is 19.1 Å². The summed E-state index contributed by atoms with van der Waals surface area (Å²) < 4.78 is 11.2. The molecule has 0 aliphatic carbocycles. The van der Waals surface area contributed by atoms with Crippen LogP contribution in [0.5, 0.6) is 6.01 Å². The maximum atomic E-state index is 12.6. The van der Waals surface area contributed by atoms with Gasteiger partial charge in [0.05, 0.1) is 19.3 Å². The van der Waals surface area contributed by atoms with Gasteiger partial charge in [0.25, 0.3) is 5.91 Å². The van der Waals surface area contributed by atoms with Crippen molar-refractivity contribution >= 4 is 29.3 Å². The van der Waals surface area contributed by atoms with Crippen LogP contribution in [-0.4, -0.2) is 90.4 Å². The number of nitrogens with zero attached hydrogens (tertiary/aromatic N) is 5. The quantitative estimate of drug-likeness (QED) is 0.369. The van der Waals surface area contributed by atoms with E-state index in [1.807, 2.05) is 26.0 Å². The topological polar surface area (TPSA) is 134 Å². The van der Waals surface area contributed by atoms with E-state index >= 15 is 0 Å². The molecule has 2 fully saturated rings. The molecule has 2 aliphatic rings. The third-order valence-electron chi connectivity index (χ3n) is 7.10. The Bertz CT molecular complexity index is 1350. The number of hydrogen-bond donors (Lipinski definition) is 3. The van der Waals surface area contributed by atoms with Crippen molar-refractivity contribution in [2.45, 2.75) is 38.8 Å². The summed E-state index contributed by atoms with van der Waals surface area (Å²) in [5.74, 6) is 0.933. The smallest absolute Gasteiger partial charge is 0.323 e. The maximum absolute atomic E-state index is 12.6. The molecule has 1 aromatic heterocycles. The largest absolute Gasteiger partial charge is 0.461 e. The summed E-state index contributed by atoms with van der Waals surface area (Å²) in [6.07, 6.45) is 1.81. The molecule has 0 spiro atoms. The van der Waals surface area contributed by atoms with Crippen molar-refractivity contribution in [3.63, 3.8) is 0 Å². The Morgan fingerprint density at radius 1 is 0.881 bits per heavy atom. The molecule has 222 valence electrons. The van der Waals surface area contributed by atoms with Gasteiger partial charge in [-0.15, -0.1) is 0 Å². The number of amides is 3. The van der Waals surface area contributed by atoms with E-state index in [-0.39, 0.29) is 24.1 Å². The average molecular weight is 575 g/mol. The second-order valence-electron chi connectivity index (χ2n) is 10.8. The van der Waals surface area contributed by atoms with E-state index in [1.54, 1.807) is 36.4 Å². The van der Waals surface area contributed by atoms with E-state index in [2.05, 4.69) is 47.7 Å². The molecular formula is C30H38N8O4. The number of carbonyl (C=O) groups is 2. The van der Waals surface area contributed by atoms with Crippen LogP contribution in [0, 0.1) is 0 Å². The van der Waals surface area contributed by atoms with Crippen LogP contribution in [0.2, 0.25) is 0 Å². The number of rotatable bonds is 8. The third kappa shape index (κ3) is 7.92. The molecule has 2 saturated heterocycles. The zero-order valence-corrected chi connectivity index (χ0v) is 24.3. The summed E-state index contributed by atoms with van der Waals surface area (Å²) in [4.78, 5) is 43.3. The van der Waals surface area contributed by atoms with Crippen LogP contribution >= 0.6 is 0 Å². The summed E-state index contributed by atoms with van der Waals surface area (Å²) >= 11 is 0. The van der Waals surface area contributed by atoms with Crippen molar-refractivity contribution in [2.24, 2.45) is 0 Å². The number of piperidine rings is 1. The lowest BCUT2D eigenvalue weighted by molar-refractivity contribution is 0.0917. The van der Waals surface area contributed by atoms with Gasteiger partial charge in [-0.1, -0.05) is 0 Å². The van der Waals surface area contributed by atoms with E-state index in [0.717, 1.165) is 31.5 Å². The van der Waals surface area contributed by atoms with Crippen LogP contribution in [0.1, 0.15) is 37.0 Å². The van der Waals surface area contributed by atoms with Crippen molar-refractivity contribution in [2.75, 3.05) is 62.0 Å². The van der Waals surface area contributed by atoms with E-state index in [1.165, 1.54) is 0 Å². The number of aromatic nitrogens is 3. The van der Waals surface area contributed by atoms with Crippen molar-refractivity contribution in [1.82, 2.24) is 25.2 Å². The zero-order valence-electron chi connectivity index (χ0n) is 24.3. The highest BCUT2D eigenvalue weighted by Gasteiger charge is 2.20. The van der Waals surface area contributed by atoms with Gasteiger partial charge in [-0.05, 0) is 95.4 Å². The first-order chi connectivity index (χ1) is 20.3. The number of anilines is 3. The molecule has 0 radical (unpaired) electrons. The van der Waals surface area contributed by atoms with Gasteiger partial charge in [0.15, 0.2) is 5.82 Å². The Balaban J connectivity index is 1.18. The normalized spacial score (nSPS) is 16.2. The molecule has 3 aromatic rings. The first-order valence-corrected chi connectivity index (χ1v) is 14.4. The highest BCUT2D eigenvalue weighted by atomic mass is 16.5. The van der Waals surface area contributed by atoms with E-state index in [0.29, 0.717) is 55.0 Å². The second-order valence-corrected chi connectivity index (χ2v) is 10.8. The summed E-state index contributed by atoms with van der Waals surface area (Å²) in [5.41, 5.74) is 2.51. The second kappa shape index (κ2) is 13.6. The molecule has 0 atom stereocenters. The molecule has 3 N–H and O–H groups in total. The number of morpholine rings is 1. The third-order valence-corrected chi connectivity index (χ3v) is 7.10. The summed E-state index contributed by atoms with van der Waals surface area (Å²) in [5, 5.41) is 8.74. The standard InChI is InChI=1S/C30H38N8O4/c1-20(2)42-30-35-26(34-28(36-30)38-16-18-41-19-17-38)21-4-8-23(9-5-21)32-29(40)33-24-10-6-22(7-11-24)27(39)31-25-12-14-37(3)15-13-25/h4-11,20,25H,12-19H2,1-3H3,(H,31,39)(H2,32,33,40). The number of likely N-dealkylation sites (tertiary alicyclic amines) is 1. The number of urea groups is 1. The highest BCUT2D eigenvalue weighted by molar-refractivity contribution is 6.00. The summed E-state index contributed by atoms with van der Waals surface area (Å²) in [7, 11) is 2.09. The van der Waals surface area contributed by atoms with Gasteiger partial charge in [-0.3, -0.25) is 4.79 Å². The molecule has 42 heavy (non-hydrogen) atoms. The molecular weight excluding hydrogens is 536 g/mol. The fourth-order valence-electron chi connectivity index (χ4n) is 4.77. The van der Waals surface area contributed by atoms with E-state index < -0.39 is 6.03 Å². The van der Waals surface area contributed by atoms with Crippen LogP contribution < -0.4 is 25.6 Å². The van der Waals surface area contributed by atoms with Crippen LogP contribution in [-0.2, 0) is 4.74 Å². The Kier molecular flexibility index (Phi) is 9.45. The molecule has 3 heterocycles. The number of carbonyl (C=O) groups excluding carboxylic acids is 2. The van der Waals surface area contributed by atoms with Gasteiger partial charge in [0, 0.05) is 41.6 Å². The summed E-state index contributed by atoms with van der Waals surface area (Å²) in [6, 6.07) is 14.2. The minimum absolute atomic E-state index is 0.0830.